The molecule has 0 bridgehead atoms. The number of amides is 2. The Labute approximate surface area is 117 Å². The zero-order valence-electron chi connectivity index (χ0n) is 10.8. The van der Waals surface area contributed by atoms with Gasteiger partial charge < -0.3 is 15.4 Å². The minimum absolute atomic E-state index is 0.0272. The lowest BCUT2D eigenvalue weighted by Crippen LogP contribution is -2.36. The third-order valence-electron chi connectivity index (χ3n) is 1.98. The van der Waals surface area contributed by atoms with Crippen molar-refractivity contribution in [2.75, 3.05) is 19.0 Å². The molecule has 1 aromatic carbocycles. The second-order valence-corrected chi connectivity index (χ2v) is 3.79. The van der Waals surface area contributed by atoms with E-state index in [2.05, 4.69) is 20.9 Å². The van der Waals surface area contributed by atoms with Crippen LogP contribution in [0.2, 0.25) is 0 Å². The summed E-state index contributed by atoms with van der Waals surface area (Å²) >= 11 is 4.93. The van der Waals surface area contributed by atoms with E-state index in [1.54, 1.807) is 12.1 Å². The molecule has 1 aromatic rings. The summed E-state index contributed by atoms with van der Waals surface area (Å²) < 4.78 is 4.93. The Balaban J connectivity index is 2.56. The molecule has 0 spiro atoms. The van der Waals surface area contributed by atoms with Gasteiger partial charge in [0.25, 0.3) is 6.02 Å². The molecule has 0 atom stereocenters. The Morgan fingerprint density at radius 1 is 1.37 bits per heavy atom. The van der Waals surface area contributed by atoms with E-state index < -0.39 is 6.03 Å². The molecule has 0 unspecified atom stereocenters. The number of nitrogens with one attached hydrogen (secondary N) is 3. The molecular formula is C12H16N4O2S. The molecule has 6 nitrogen and oxygen atoms in total. The van der Waals surface area contributed by atoms with Gasteiger partial charge in [0.1, 0.15) is 0 Å². The van der Waals surface area contributed by atoms with Gasteiger partial charge in [-0.2, -0.15) is 4.99 Å². The normalized spacial score (nSPS) is 10.5. The summed E-state index contributed by atoms with van der Waals surface area (Å²) in [5, 5.41) is 8.17. The van der Waals surface area contributed by atoms with Gasteiger partial charge in [-0.3, -0.25) is 5.32 Å². The average Bonchev–Trinajstić information content (AvgIpc) is 2.39. The fourth-order valence-corrected chi connectivity index (χ4v) is 1.42. The summed E-state index contributed by atoms with van der Waals surface area (Å²) in [6, 6.07) is 8.62. The van der Waals surface area contributed by atoms with Crippen molar-refractivity contribution in [3.05, 3.63) is 30.3 Å². The highest BCUT2D eigenvalue weighted by atomic mass is 32.1. The van der Waals surface area contributed by atoms with E-state index in [0.29, 0.717) is 12.2 Å². The summed E-state index contributed by atoms with van der Waals surface area (Å²) in [7, 11) is 1.40. The van der Waals surface area contributed by atoms with Crippen molar-refractivity contribution in [2.45, 2.75) is 6.92 Å². The number of nitrogens with zero attached hydrogens (tertiary/aromatic N) is 1. The average molecular weight is 280 g/mol. The van der Waals surface area contributed by atoms with Gasteiger partial charge in [0.15, 0.2) is 5.11 Å². The van der Waals surface area contributed by atoms with Crippen LogP contribution < -0.4 is 16.0 Å². The third-order valence-corrected chi connectivity index (χ3v) is 2.21. The van der Waals surface area contributed by atoms with E-state index in [1.807, 2.05) is 25.1 Å². The Hall–Kier alpha value is -2.15. The predicted molar refractivity (Wildman–Crippen MR) is 79.3 cm³/mol. The quantitative estimate of drug-likeness (QED) is 0.438. The number of carbonyl (C=O) groups is 1. The highest BCUT2D eigenvalue weighted by Gasteiger charge is 2.07. The lowest BCUT2D eigenvalue weighted by atomic mass is 10.3. The smallest absolute Gasteiger partial charge is 0.327 e. The number of ether oxygens (including phenoxy) is 1. The summed E-state index contributed by atoms with van der Waals surface area (Å²) in [6.07, 6.45) is 0. The highest BCUT2D eigenvalue weighted by Crippen LogP contribution is 2.04. The summed E-state index contributed by atoms with van der Waals surface area (Å²) in [6.45, 7) is 2.54. The maximum absolute atomic E-state index is 11.7. The Morgan fingerprint density at radius 3 is 2.63 bits per heavy atom. The van der Waals surface area contributed by atoms with Gasteiger partial charge in [-0.1, -0.05) is 18.2 Å². The van der Waals surface area contributed by atoms with E-state index in [-0.39, 0.29) is 11.1 Å². The second kappa shape index (κ2) is 8.04. The van der Waals surface area contributed by atoms with Crippen molar-refractivity contribution >= 4 is 35.1 Å². The third kappa shape index (κ3) is 5.82. The lowest BCUT2D eigenvalue weighted by Gasteiger charge is -2.09. The zero-order valence-corrected chi connectivity index (χ0v) is 11.6. The number of anilines is 1. The number of hydrogen-bond acceptors (Lipinski definition) is 3. The summed E-state index contributed by atoms with van der Waals surface area (Å²) in [5.41, 5.74) is 0.671. The Bertz CT molecular complexity index is 462. The molecule has 0 aliphatic carbocycles. The molecule has 2 amide bonds. The number of urea groups is 1. The number of carbonyl (C=O) groups excluding carboxylic acids is 1. The highest BCUT2D eigenvalue weighted by molar-refractivity contribution is 7.80. The maximum Gasteiger partial charge on any atom is 0.327 e. The van der Waals surface area contributed by atoms with Crippen LogP contribution in [0.5, 0.6) is 0 Å². The molecule has 0 heterocycles. The van der Waals surface area contributed by atoms with Crippen molar-refractivity contribution in [2.24, 2.45) is 4.99 Å². The van der Waals surface area contributed by atoms with Crippen LogP contribution in [-0.2, 0) is 4.74 Å². The first-order valence-electron chi connectivity index (χ1n) is 5.69. The van der Waals surface area contributed by atoms with Crippen LogP contribution >= 0.6 is 12.2 Å². The first-order valence-corrected chi connectivity index (χ1v) is 6.10. The number of amidine groups is 1. The number of para-hydroxylation sites is 1. The van der Waals surface area contributed by atoms with Crippen LogP contribution in [0.1, 0.15) is 6.92 Å². The van der Waals surface area contributed by atoms with E-state index >= 15 is 0 Å². The fourth-order valence-electron chi connectivity index (χ4n) is 1.19. The lowest BCUT2D eigenvalue weighted by molar-refractivity contribution is 0.253. The fraction of sp³-hybridized carbons (Fsp3) is 0.250. The van der Waals surface area contributed by atoms with Crippen molar-refractivity contribution in [1.29, 1.82) is 0 Å². The van der Waals surface area contributed by atoms with Gasteiger partial charge in [0, 0.05) is 12.2 Å². The first-order chi connectivity index (χ1) is 9.15. The van der Waals surface area contributed by atoms with Crippen molar-refractivity contribution in [3.63, 3.8) is 0 Å². The molecular weight excluding hydrogens is 264 g/mol. The van der Waals surface area contributed by atoms with Gasteiger partial charge in [0.05, 0.1) is 7.11 Å². The van der Waals surface area contributed by atoms with Crippen molar-refractivity contribution in [3.8, 4) is 0 Å². The molecule has 0 saturated heterocycles. The molecule has 0 saturated carbocycles. The monoisotopic (exact) mass is 280 g/mol. The number of aliphatic imine (C=N–C) groups is 1. The SMILES string of the molecule is CCNC(=S)N=C(NC(=O)Nc1ccccc1)OC. The molecule has 1 rings (SSSR count). The van der Waals surface area contributed by atoms with E-state index in [0.717, 1.165) is 0 Å². The van der Waals surface area contributed by atoms with Crippen molar-refractivity contribution < 1.29 is 9.53 Å². The van der Waals surface area contributed by atoms with Gasteiger partial charge in [0.2, 0.25) is 0 Å². The topological polar surface area (TPSA) is 74.8 Å². The first kappa shape index (κ1) is 14.9. The summed E-state index contributed by atoms with van der Waals surface area (Å²) in [4.78, 5) is 15.6. The van der Waals surface area contributed by atoms with Crippen LogP contribution in [-0.4, -0.2) is 30.8 Å². The van der Waals surface area contributed by atoms with E-state index in [1.165, 1.54) is 7.11 Å². The van der Waals surface area contributed by atoms with E-state index in [4.69, 9.17) is 17.0 Å². The van der Waals surface area contributed by atoms with Crippen LogP contribution in [0.3, 0.4) is 0 Å². The molecule has 19 heavy (non-hydrogen) atoms. The molecule has 0 aliphatic heterocycles. The van der Waals surface area contributed by atoms with Crippen LogP contribution in [0, 0.1) is 0 Å². The Kier molecular flexibility index (Phi) is 6.31. The number of rotatable bonds is 2. The molecule has 3 N–H and O–H groups in total. The van der Waals surface area contributed by atoms with Crippen LogP contribution in [0.4, 0.5) is 10.5 Å². The predicted octanol–water partition coefficient (Wildman–Crippen LogP) is 1.70. The van der Waals surface area contributed by atoms with Gasteiger partial charge >= 0.3 is 6.03 Å². The molecule has 0 aromatic heterocycles. The van der Waals surface area contributed by atoms with Gasteiger partial charge in [-0.25, -0.2) is 4.79 Å². The Morgan fingerprint density at radius 2 is 2.05 bits per heavy atom. The number of methoxy groups -OCH3 is 1. The van der Waals surface area contributed by atoms with E-state index in [9.17, 15) is 4.79 Å². The largest absolute Gasteiger partial charge is 0.468 e. The van der Waals surface area contributed by atoms with Gasteiger partial charge in [-0.15, -0.1) is 0 Å². The molecule has 0 aliphatic rings. The molecule has 0 radical (unpaired) electrons. The van der Waals surface area contributed by atoms with Crippen LogP contribution in [0.15, 0.2) is 35.3 Å². The minimum Gasteiger partial charge on any atom is -0.468 e. The molecule has 102 valence electrons. The van der Waals surface area contributed by atoms with Gasteiger partial charge in [-0.05, 0) is 31.3 Å². The van der Waals surface area contributed by atoms with Crippen molar-refractivity contribution in [1.82, 2.24) is 10.6 Å². The minimum atomic E-state index is -0.453. The number of thiocarbonyl (C=S) groups is 1. The second-order valence-electron chi connectivity index (χ2n) is 3.40. The molecule has 0 fully saturated rings. The number of benzene rings is 1. The number of hydrogen-bond donors (Lipinski definition) is 3. The summed E-state index contributed by atoms with van der Waals surface area (Å²) in [5.74, 6) is 0. The maximum atomic E-state index is 11.7. The standard InChI is InChI=1S/C12H16N4O2S/c1-3-13-12(19)16-11(18-2)15-10(17)14-9-7-5-4-6-8-9/h4-8H,3H2,1-2H3,(H3,13,14,15,16,17,19). The zero-order chi connectivity index (χ0) is 14.1. The van der Waals surface area contributed by atoms with Crippen LogP contribution in [0.25, 0.3) is 0 Å². The molecule has 7 heteroatoms.